The molecule has 1 N–H and O–H groups in total. The Bertz CT molecular complexity index is 1570. The summed E-state index contributed by atoms with van der Waals surface area (Å²) in [4.78, 5) is 31.9. The van der Waals surface area contributed by atoms with Crippen molar-refractivity contribution in [2.45, 2.75) is 60.3 Å². The molecule has 0 saturated carbocycles. The molecule has 7 nitrogen and oxygen atoms in total. The molecule has 4 aromatic rings. The van der Waals surface area contributed by atoms with Crippen LogP contribution < -0.4 is 4.46 Å². The van der Waals surface area contributed by atoms with Gasteiger partial charge in [-0.2, -0.15) is 0 Å². The van der Waals surface area contributed by atoms with Gasteiger partial charge < -0.3 is 0 Å². The van der Waals surface area contributed by atoms with E-state index >= 15 is 4.79 Å². The van der Waals surface area contributed by atoms with Crippen LogP contribution in [0.1, 0.15) is 37.0 Å². The van der Waals surface area contributed by atoms with Crippen molar-refractivity contribution in [3.05, 3.63) is 138 Å². The van der Waals surface area contributed by atoms with Crippen molar-refractivity contribution in [1.29, 1.82) is 0 Å². The van der Waals surface area contributed by atoms with Crippen LogP contribution >= 0.6 is 0 Å². The zero-order valence-corrected chi connectivity index (χ0v) is 26.8. The summed E-state index contributed by atoms with van der Waals surface area (Å²) >= 11 is -0.554. The number of aliphatic hydroxyl groups excluding tert-OH is 1. The van der Waals surface area contributed by atoms with Crippen LogP contribution in [0.15, 0.2) is 121 Å². The van der Waals surface area contributed by atoms with Gasteiger partial charge in [-0.1, -0.05) is 0 Å². The van der Waals surface area contributed by atoms with Crippen molar-refractivity contribution < 1.29 is 28.9 Å². The van der Waals surface area contributed by atoms with Crippen molar-refractivity contribution >= 4 is 31.2 Å². The van der Waals surface area contributed by atoms with Gasteiger partial charge in [0.1, 0.15) is 0 Å². The molecule has 3 aliphatic rings. The fraction of sp³-hybridized carbons (Fsp3) is 0.297. The molecular weight excluding hydrogens is 633 g/mol. The first-order chi connectivity index (χ1) is 21.8. The van der Waals surface area contributed by atoms with Crippen molar-refractivity contribution in [3.8, 4) is 0 Å². The van der Waals surface area contributed by atoms with Crippen LogP contribution in [-0.2, 0) is 29.3 Å². The fourth-order valence-corrected chi connectivity index (χ4v) is 10.1. The topological polar surface area (TPSA) is 85.3 Å². The first kappa shape index (κ1) is 30.1. The van der Waals surface area contributed by atoms with Crippen LogP contribution in [-0.4, -0.2) is 73.6 Å². The van der Waals surface area contributed by atoms with E-state index < -0.39 is 55.0 Å². The molecule has 3 saturated heterocycles. The predicted molar refractivity (Wildman–Crippen MR) is 170 cm³/mol. The number of imide groups is 1. The third-order valence-electron chi connectivity index (χ3n) is 8.97. The number of benzene rings is 4. The third-order valence-corrected chi connectivity index (χ3v) is 12.0. The van der Waals surface area contributed by atoms with Gasteiger partial charge in [0.05, 0.1) is 0 Å². The Morgan fingerprint density at radius 1 is 0.756 bits per heavy atom. The van der Waals surface area contributed by atoms with Gasteiger partial charge in [0.15, 0.2) is 0 Å². The van der Waals surface area contributed by atoms with Gasteiger partial charge in [0.2, 0.25) is 0 Å². The SMILES string of the molecule is CC1(C)O[C@@H]2[C@H](O1)[C@@H](CO)O[C@H]2C1([Se]c2ccccc2)CC(=O)N(C(c2ccccc2)(c2ccccc2)c2ccccc2)C1=O. The van der Waals surface area contributed by atoms with E-state index in [-0.39, 0.29) is 24.8 Å². The van der Waals surface area contributed by atoms with Gasteiger partial charge >= 0.3 is 270 Å². The average Bonchev–Trinajstić information content (AvgIpc) is 3.65. The maximum absolute atomic E-state index is 15.6. The summed E-state index contributed by atoms with van der Waals surface area (Å²) in [5, 5.41) is 10.3. The van der Waals surface area contributed by atoms with E-state index in [1.807, 2.05) is 135 Å². The second-order valence-corrected chi connectivity index (χ2v) is 15.1. The fourth-order valence-electron chi connectivity index (χ4n) is 7.21. The molecule has 230 valence electrons. The van der Waals surface area contributed by atoms with Crippen LogP contribution in [0, 0.1) is 0 Å². The maximum atomic E-state index is 15.6. The normalized spacial score (nSPS) is 27.6. The van der Waals surface area contributed by atoms with E-state index in [1.165, 1.54) is 4.90 Å². The average molecular weight is 669 g/mol. The summed E-state index contributed by atoms with van der Waals surface area (Å²) < 4.78 is 18.9. The quantitative estimate of drug-likeness (QED) is 0.172. The monoisotopic (exact) mass is 669 g/mol. The van der Waals surface area contributed by atoms with Crippen molar-refractivity contribution in [3.63, 3.8) is 0 Å². The van der Waals surface area contributed by atoms with E-state index in [2.05, 4.69) is 0 Å². The van der Waals surface area contributed by atoms with E-state index in [1.54, 1.807) is 0 Å². The van der Waals surface area contributed by atoms with Crippen molar-refractivity contribution in [1.82, 2.24) is 4.90 Å². The molecule has 1 unspecified atom stereocenters. The van der Waals surface area contributed by atoms with E-state index in [9.17, 15) is 9.90 Å². The van der Waals surface area contributed by atoms with Gasteiger partial charge in [0, 0.05) is 0 Å². The minimum atomic E-state index is -1.27. The second-order valence-electron chi connectivity index (χ2n) is 12.2. The number of nitrogens with zero attached hydrogens (tertiary/aromatic N) is 1. The Balaban J connectivity index is 1.46. The number of hydrogen-bond acceptors (Lipinski definition) is 6. The Hall–Kier alpha value is -3.62. The first-order valence-corrected chi connectivity index (χ1v) is 16.9. The molecule has 0 radical (unpaired) electrons. The Morgan fingerprint density at radius 3 is 1.71 bits per heavy atom. The number of carbonyl (C=O) groups is 2. The number of fused-ring (bicyclic) bond motifs is 1. The first-order valence-electron chi connectivity index (χ1n) is 15.2. The van der Waals surface area contributed by atoms with Gasteiger partial charge in [0.25, 0.3) is 0 Å². The second kappa shape index (κ2) is 11.6. The molecule has 0 aliphatic carbocycles. The summed E-state index contributed by atoms with van der Waals surface area (Å²) in [5.41, 5.74) is 1.14. The Kier molecular flexibility index (Phi) is 7.77. The van der Waals surface area contributed by atoms with Gasteiger partial charge in [-0.25, -0.2) is 0 Å². The van der Waals surface area contributed by atoms with Crippen LogP contribution in [0.3, 0.4) is 0 Å². The van der Waals surface area contributed by atoms with E-state index in [0.717, 1.165) is 21.2 Å². The minimum absolute atomic E-state index is 0.0647. The molecular formula is C37H35NO6Se. The number of carbonyl (C=O) groups excluding carboxylic acids is 2. The molecule has 7 rings (SSSR count). The van der Waals surface area contributed by atoms with Crippen LogP contribution in [0.4, 0.5) is 0 Å². The molecule has 2 amide bonds. The number of ether oxygens (including phenoxy) is 3. The number of aliphatic hydroxyl groups is 1. The Morgan fingerprint density at radius 2 is 1.22 bits per heavy atom. The molecule has 0 spiro atoms. The van der Waals surface area contributed by atoms with E-state index in [0.29, 0.717) is 0 Å². The van der Waals surface area contributed by atoms with Gasteiger partial charge in [-0.15, -0.1) is 0 Å². The molecule has 45 heavy (non-hydrogen) atoms. The predicted octanol–water partition coefficient (Wildman–Crippen LogP) is 4.21. The zero-order valence-electron chi connectivity index (χ0n) is 25.1. The van der Waals surface area contributed by atoms with E-state index in [4.69, 9.17) is 14.2 Å². The van der Waals surface area contributed by atoms with Crippen LogP contribution in [0.2, 0.25) is 4.31 Å². The standard InChI is InChI=1S/C37H35NO6Se/c1-35(2)43-31-29(24-39)42-33(32(31)44-35)36(45-28-21-13-6-14-22-28)23-30(40)38(34(36)41)37(25-15-7-3-8-16-25,26-17-9-4-10-18-26)27-19-11-5-12-20-27/h3-22,29,31-33,39H,23-24H2,1-2H3/t29-,31-,32-,33-,36?/m1/s1. The molecule has 4 aromatic carbocycles. The van der Waals surface area contributed by atoms with Crippen LogP contribution in [0.5, 0.6) is 0 Å². The van der Waals surface area contributed by atoms with Crippen molar-refractivity contribution in [2.24, 2.45) is 0 Å². The van der Waals surface area contributed by atoms with Crippen LogP contribution in [0.25, 0.3) is 0 Å². The molecule has 3 heterocycles. The molecule has 3 aliphatic heterocycles. The zero-order chi connectivity index (χ0) is 31.2. The Labute approximate surface area is 269 Å². The molecule has 0 aromatic heterocycles. The third kappa shape index (κ3) is 4.88. The number of hydrogen-bond donors (Lipinski definition) is 1. The number of rotatable bonds is 8. The molecule has 5 atom stereocenters. The summed E-state index contributed by atoms with van der Waals surface area (Å²) in [6, 6.07) is 39.1. The summed E-state index contributed by atoms with van der Waals surface area (Å²) in [6.07, 6.45) is -2.78. The summed E-state index contributed by atoms with van der Waals surface area (Å²) in [5.74, 6) is -1.54. The molecule has 8 heteroatoms. The summed E-state index contributed by atoms with van der Waals surface area (Å²) in [6.45, 7) is 3.36. The number of likely N-dealkylation sites (tertiary alicyclic amines) is 1. The van der Waals surface area contributed by atoms with Gasteiger partial charge in [-0.3, -0.25) is 0 Å². The van der Waals surface area contributed by atoms with Gasteiger partial charge in [-0.05, 0) is 0 Å². The molecule has 3 fully saturated rings. The summed E-state index contributed by atoms with van der Waals surface area (Å²) in [7, 11) is 0. The van der Waals surface area contributed by atoms with Crippen molar-refractivity contribution in [2.75, 3.05) is 6.61 Å². The number of amides is 2. The molecule has 0 bridgehead atoms.